The summed E-state index contributed by atoms with van der Waals surface area (Å²) in [5.41, 5.74) is 0. The van der Waals surface area contributed by atoms with Gasteiger partial charge in [0.1, 0.15) is 6.10 Å². The summed E-state index contributed by atoms with van der Waals surface area (Å²) in [6.45, 7) is 6.31. The van der Waals surface area contributed by atoms with Crippen molar-refractivity contribution >= 4 is 11.9 Å². The first kappa shape index (κ1) is 59.0. The van der Waals surface area contributed by atoms with Crippen LogP contribution in [0.4, 0.5) is 0 Å². The topological polar surface area (TPSA) is 95.9 Å². The quantitative estimate of drug-likeness (QED) is 0.0322. The zero-order chi connectivity index (χ0) is 45.2. The monoisotopic (exact) mass is 864 g/mol. The Morgan fingerprint density at radius 3 is 1.39 bits per heavy atom. The number of ether oxygens (including phenoxy) is 1. The van der Waals surface area contributed by atoms with Gasteiger partial charge in [-0.2, -0.15) is 0 Å². The Morgan fingerprint density at radius 2 is 0.887 bits per heavy atom. The molecule has 0 fully saturated rings. The summed E-state index contributed by atoms with van der Waals surface area (Å²) in [6.07, 6.45) is 63.5. The van der Waals surface area contributed by atoms with Crippen LogP contribution in [0.1, 0.15) is 233 Å². The lowest BCUT2D eigenvalue weighted by molar-refractivity contribution is -0.151. The third-order valence-electron chi connectivity index (χ3n) is 11.2. The number of unbranched alkanes of at least 4 members (excludes halogenated alkanes) is 19. The molecule has 0 aliphatic heterocycles. The lowest BCUT2D eigenvalue weighted by atomic mass is 10.0. The fourth-order valence-corrected chi connectivity index (χ4v) is 7.32. The minimum absolute atomic E-state index is 0.0269. The van der Waals surface area contributed by atoms with Crippen molar-refractivity contribution in [1.29, 1.82) is 0 Å². The van der Waals surface area contributed by atoms with Crippen LogP contribution in [0, 0.1) is 0 Å². The third kappa shape index (κ3) is 43.7. The third-order valence-corrected chi connectivity index (χ3v) is 11.2. The first-order chi connectivity index (χ1) is 30.5. The zero-order valence-corrected chi connectivity index (χ0v) is 40.5. The van der Waals surface area contributed by atoms with Gasteiger partial charge in [0.15, 0.2) is 0 Å². The molecule has 0 aromatic rings. The lowest BCUT2D eigenvalue weighted by Crippen LogP contribution is -2.46. The first-order valence-electron chi connectivity index (χ1n) is 25.8. The Bertz CT molecular complexity index is 1200. The van der Waals surface area contributed by atoms with Gasteiger partial charge in [0.05, 0.1) is 25.2 Å². The molecular formula is C56H97NO5. The molecular weight excluding hydrogens is 767 g/mol. The predicted octanol–water partition coefficient (Wildman–Crippen LogP) is 15.6. The maximum absolute atomic E-state index is 13.2. The minimum Gasteiger partial charge on any atom is -0.462 e. The highest BCUT2D eigenvalue weighted by Crippen LogP contribution is 2.16. The van der Waals surface area contributed by atoms with E-state index in [1.165, 1.54) is 83.5 Å². The van der Waals surface area contributed by atoms with Gasteiger partial charge >= 0.3 is 5.97 Å². The van der Waals surface area contributed by atoms with Gasteiger partial charge in [-0.25, -0.2) is 0 Å². The number of allylic oxidation sites excluding steroid dienone is 14. The molecule has 0 rings (SSSR count). The van der Waals surface area contributed by atoms with Crippen molar-refractivity contribution in [3.8, 4) is 0 Å². The molecule has 0 saturated carbocycles. The summed E-state index contributed by atoms with van der Waals surface area (Å²) in [6, 6.07) is -0.727. The van der Waals surface area contributed by atoms with Crippen LogP contribution < -0.4 is 5.32 Å². The van der Waals surface area contributed by atoms with Gasteiger partial charge < -0.3 is 20.3 Å². The number of rotatable bonds is 45. The SMILES string of the molecule is CC/C=C/C/C=C/C/C=C/CCCCCCC(=O)OC(CCC/C=C\C/C=C\C/C=C\C/C=C\CCCCC)CC(=O)NC(CO)C(O)CCCCCCCCCCCCCC. The summed E-state index contributed by atoms with van der Waals surface area (Å²) < 4.78 is 5.90. The van der Waals surface area contributed by atoms with E-state index < -0.39 is 18.2 Å². The molecule has 0 aromatic heterocycles. The second-order valence-corrected chi connectivity index (χ2v) is 17.2. The molecule has 3 N–H and O–H groups in total. The molecule has 0 bridgehead atoms. The molecule has 0 heterocycles. The Hall–Kier alpha value is -2.96. The van der Waals surface area contributed by atoms with Crippen LogP contribution in [0.15, 0.2) is 85.1 Å². The number of carbonyl (C=O) groups is 2. The largest absolute Gasteiger partial charge is 0.462 e. The highest BCUT2D eigenvalue weighted by molar-refractivity contribution is 5.77. The fourth-order valence-electron chi connectivity index (χ4n) is 7.32. The van der Waals surface area contributed by atoms with E-state index in [1.54, 1.807) is 0 Å². The van der Waals surface area contributed by atoms with Crippen LogP contribution in [0.5, 0.6) is 0 Å². The lowest BCUT2D eigenvalue weighted by Gasteiger charge is -2.24. The molecule has 6 heteroatoms. The Kier molecular flexibility index (Phi) is 46.7. The predicted molar refractivity (Wildman–Crippen MR) is 268 cm³/mol. The van der Waals surface area contributed by atoms with Crippen molar-refractivity contribution in [2.75, 3.05) is 6.61 Å². The molecule has 0 spiro atoms. The van der Waals surface area contributed by atoms with Gasteiger partial charge in [0.25, 0.3) is 0 Å². The molecule has 6 nitrogen and oxygen atoms in total. The van der Waals surface area contributed by atoms with Gasteiger partial charge in [-0.15, -0.1) is 0 Å². The number of aliphatic hydroxyl groups excluding tert-OH is 2. The number of carbonyl (C=O) groups excluding carboxylic acids is 2. The van der Waals surface area contributed by atoms with Crippen molar-refractivity contribution < 1.29 is 24.5 Å². The van der Waals surface area contributed by atoms with E-state index >= 15 is 0 Å². The average molecular weight is 864 g/mol. The smallest absolute Gasteiger partial charge is 0.306 e. The van der Waals surface area contributed by atoms with Crippen LogP contribution in [-0.2, 0) is 14.3 Å². The van der Waals surface area contributed by atoms with Crippen molar-refractivity contribution in [2.24, 2.45) is 0 Å². The molecule has 0 aliphatic rings. The van der Waals surface area contributed by atoms with E-state index in [4.69, 9.17) is 4.74 Å². The average Bonchev–Trinajstić information content (AvgIpc) is 3.26. The normalized spacial score (nSPS) is 14.0. The molecule has 0 radical (unpaired) electrons. The summed E-state index contributed by atoms with van der Waals surface area (Å²) in [4.78, 5) is 26.1. The summed E-state index contributed by atoms with van der Waals surface area (Å²) in [7, 11) is 0. The molecule has 62 heavy (non-hydrogen) atoms. The van der Waals surface area contributed by atoms with Gasteiger partial charge in [-0.05, 0) is 96.3 Å². The number of hydrogen-bond acceptors (Lipinski definition) is 5. The van der Waals surface area contributed by atoms with Crippen molar-refractivity contribution in [2.45, 2.75) is 251 Å². The van der Waals surface area contributed by atoms with Crippen LogP contribution >= 0.6 is 0 Å². The van der Waals surface area contributed by atoms with Crippen molar-refractivity contribution in [3.05, 3.63) is 85.1 Å². The molecule has 356 valence electrons. The molecule has 0 saturated heterocycles. The van der Waals surface area contributed by atoms with Gasteiger partial charge in [0.2, 0.25) is 5.91 Å². The second-order valence-electron chi connectivity index (χ2n) is 17.2. The summed E-state index contributed by atoms with van der Waals surface area (Å²) in [5.74, 6) is -0.558. The van der Waals surface area contributed by atoms with Gasteiger partial charge in [-0.1, -0.05) is 209 Å². The molecule has 0 aliphatic carbocycles. The van der Waals surface area contributed by atoms with E-state index in [9.17, 15) is 19.8 Å². The highest BCUT2D eigenvalue weighted by Gasteiger charge is 2.24. The van der Waals surface area contributed by atoms with E-state index in [0.29, 0.717) is 19.3 Å². The Balaban J connectivity index is 4.75. The van der Waals surface area contributed by atoms with Gasteiger partial charge in [0, 0.05) is 6.42 Å². The van der Waals surface area contributed by atoms with Crippen LogP contribution in [0.2, 0.25) is 0 Å². The first-order valence-corrected chi connectivity index (χ1v) is 25.8. The Labute approximate surface area is 383 Å². The maximum Gasteiger partial charge on any atom is 0.306 e. The van der Waals surface area contributed by atoms with Crippen LogP contribution in [0.25, 0.3) is 0 Å². The van der Waals surface area contributed by atoms with Crippen LogP contribution in [-0.4, -0.2) is 46.9 Å². The number of esters is 1. The van der Waals surface area contributed by atoms with Gasteiger partial charge in [-0.3, -0.25) is 9.59 Å². The summed E-state index contributed by atoms with van der Waals surface area (Å²) in [5, 5.41) is 23.7. The molecule has 3 unspecified atom stereocenters. The molecule has 3 atom stereocenters. The second kappa shape index (κ2) is 49.1. The zero-order valence-electron chi connectivity index (χ0n) is 40.5. The van der Waals surface area contributed by atoms with Crippen molar-refractivity contribution in [3.63, 3.8) is 0 Å². The number of amides is 1. The van der Waals surface area contributed by atoms with E-state index in [-0.39, 0.29) is 24.9 Å². The minimum atomic E-state index is -0.809. The van der Waals surface area contributed by atoms with Crippen LogP contribution in [0.3, 0.4) is 0 Å². The van der Waals surface area contributed by atoms with Crippen molar-refractivity contribution in [1.82, 2.24) is 5.32 Å². The van der Waals surface area contributed by atoms with E-state index in [2.05, 4.69) is 111 Å². The number of hydrogen-bond donors (Lipinski definition) is 3. The number of nitrogens with one attached hydrogen (secondary N) is 1. The summed E-state index contributed by atoms with van der Waals surface area (Å²) >= 11 is 0. The van der Waals surface area contributed by atoms with E-state index in [0.717, 1.165) is 103 Å². The number of aliphatic hydroxyl groups is 2. The standard InChI is InChI=1S/C56H97NO5/c1-4-7-10-13-16-19-22-25-27-28-29-30-32-35-38-41-44-47-52(62-56(61)49-46-43-40-37-34-31-26-23-20-17-14-11-8-5-2)50-55(60)57-53(51-58)54(59)48-45-42-39-36-33-24-21-18-15-12-9-6-3/h8,11,16-17,19-20,25-27,29-31,35,38,52-54,58-59H,4-7,9-10,12-15,18,21-24,28,32-34,36-37,39-51H2,1-3H3,(H,57,60)/b11-8+,19-16-,20-17+,27-25-,30-29-,31-26+,38-35-. The van der Waals surface area contributed by atoms with E-state index in [1.807, 2.05) is 0 Å². The maximum atomic E-state index is 13.2. The fraction of sp³-hybridized carbons (Fsp3) is 0.714. The molecule has 0 aromatic carbocycles. The highest BCUT2D eigenvalue weighted by atomic mass is 16.5. The molecule has 1 amide bonds. The Morgan fingerprint density at radius 1 is 0.484 bits per heavy atom.